The third-order valence-corrected chi connectivity index (χ3v) is 13.9. The highest BCUT2D eigenvalue weighted by Gasteiger charge is 2.21. The topological polar surface area (TPSA) is 36.0 Å². The summed E-state index contributed by atoms with van der Waals surface area (Å²) in [5, 5.41) is 2.17. The van der Waals surface area contributed by atoms with Gasteiger partial charge >= 0.3 is 0 Å². The van der Waals surface area contributed by atoms with E-state index in [1.807, 2.05) is 85.3 Å². The lowest BCUT2D eigenvalue weighted by Crippen LogP contribution is -2.13. The summed E-state index contributed by atoms with van der Waals surface area (Å²) < 4.78 is 14.0. The molecule has 0 N–H and O–H groups in total. The van der Waals surface area contributed by atoms with Crippen molar-refractivity contribution in [3.63, 3.8) is 0 Å². The minimum absolute atomic E-state index is 0.865. The van der Waals surface area contributed by atoms with Gasteiger partial charge in [-0.25, -0.2) is 0 Å². The first-order valence-corrected chi connectivity index (χ1v) is 25.7. The van der Waals surface area contributed by atoms with E-state index in [-0.39, 0.29) is 0 Å². The second-order valence-electron chi connectivity index (χ2n) is 17.3. The molecule has 0 fully saturated rings. The van der Waals surface area contributed by atoms with Gasteiger partial charge in [0.2, 0.25) is 0 Å². The molecule has 73 heavy (non-hydrogen) atoms. The summed E-state index contributed by atoms with van der Waals surface area (Å²) in [7, 11) is 0. The molecule has 12 aromatic rings. The van der Waals surface area contributed by atoms with Crippen molar-refractivity contribution in [1.29, 1.82) is 0 Å². The van der Waals surface area contributed by atoms with Crippen LogP contribution in [0.4, 0.5) is 51.2 Å². The highest BCUT2D eigenvalue weighted by atomic mass is 79.9. The fourth-order valence-corrected chi connectivity index (χ4v) is 9.63. The number of fused-ring (bicyclic) bond motifs is 2. The molecule has 0 amide bonds. The molecule has 0 aliphatic heterocycles. The van der Waals surface area contributed by atoms with Gasteiger partial charge in [0.15, 0.2) is 0 Å². The monoisotopic (exact) mass is 1080 g/mol. The molecule has 0 aliphatic rings. The Morgan fingerprint density at radius 3 is 1.16 bits per heavy atom. The summed E-state index contributed by atoms with van der Waals surface area (Å²) in [5.74, 6) is 0. The first kappa shape index (κ1) is 48.3. The van der Waals surface area contributed by atoms with Crippen molar-refractivity contribution in [2.45, 2.75) is 13.3 Å². The minimum atomic E-state index is 0.865. The number of nitrogens with zero attached hydrogens (tertiary/aromatic N) is 3. The van der Waals surface area contributed by atoms with E-state index in [9.17, 15) is 0 Å². The molecular weight excluding hydrogens is 1030 g/mol. The number of hydrogen-bond acceptors (Lipinski definition) is 5. The molecule has 12 rings (SSSR count). The highest BCUT2D eigenvalue weighted by molar-refractivity contribution is 9.11. The van der Waals surface area contributed by atoms with Gasteiger partial charge in [-0.2, -0.15) is 0 Å². The molecule has 2 aromatic heterocycles. The number of aryl methyl sites for hydroxylation is 1. The largest absolute Gasteiger partial charge is 0.462 e. The SMILES string of the molecule is Brc1ccccc1N(c1ccccc1)c1cccc(N(c2ccccc2)c2coc3ccccc23)c1.Cc1ccccc1Br.c1ccc(Cc2cccc(N(c3ccccc3)c3coc4ccccc34)c2)cc1. The van der Waals surface area contributed by atoms with Crippen molar-refractivity contribution in [1.82, 2.24) is 0 Å². The molecule has 7 heteroatoms. The van der Waals surface area contributed by atoms with Crippen LogP contribution in [0.15, 0.2) is 297 Å². The molecule has 0 bridgehead atoms. The number of benzene rings is 10. The number of rotatable bonds is 11. The third kappa shape index (κ3) is 11.4. The summed E-state index contributed by atoms with van der Waals surface area (Å²) in [6, 6.07) is 92.0. The van der Waals surface area contributed by atoms with Crippen LogP contribution in [0.3, 0.4) is 0 Å². The average Bonchev–Trinajstić information content (AvgIpc) is 4.07. The van der Waals surface area contributed by atoms with Gasteiger partial charge in [-0.15, -0.1) is 0 Å². The summed E-state index contributed by atoms with van der Waals surface area (Å²) in [6.45, 7) is 2.07. The van der Waals surface area contributed by atoms with Crippen molar-refractivity contribution in [3.8, 4) is 0 Å². The molecule has 0 spiro atoms. The summed E-state index contributed by atoms with van der Waals surface area (Å²) in [4.78, 5) is 6.78. The molecule has 5 nitrogen and oxygen atoms in total. The second kappa shape index (κ2) is 23.2. The van der Waals surface area contributed by atoms with Crippen molar-refractivity contribution in [2.24, 2.45) is 0 Å². The fraction of sp³-hybridized carbons (Fsp3) is 0.0303. The van der Waals surface area contributed by atoms with Crippen molar-refractivity contribution in [3.05, 3.63) is 305 Å². The first-order valence-electron chi connectivity index (χ1n) is 24.1. The van der Waals surface area contributed by atoms with E-state index in [1.54, 1.807) is 0 Å². The average molecular weight is 1080 g/mol. The zero-order valence-corrected chi connectivity index (χ0v) is 43.4. The van der Waals surface area contributed by atoms with Crippen LogP contribution in [0.1, 0.15) is 16.7 Å². The predicted molar refractivity (Wildman–Crippen MR) is 312 cm³/mol. The Morgan fingerprint density at radius 1 is 0.315 bits per heavy atom. The van der Waals surface area contributed by atoms with Crippen LogP contribution >= 0.6 is 31.9 Å². The Kier molecular flexibility index (Phi) is 15.4. The third-order valence-electron chi connectivity index (χ3n) is 12.4. The van der Waals surface area contributed by atoms with E-state index < -0.39 is 0 Å². The molecule has 0 radical (unpaired) electrons. The van der Waals surface area contributed by atoms with Crippen LogP contribution in [-0.4, -0.2) is 0 Å². The molecule has 0 unspecified atom stereocenters. The Balaban J connectivity index is 0.000000148. The van der Waals surface area contributed by atoms with Gasteiger partial charge in [0.1, 0.15) is 23.7 Å². The highest BCUT2D eigenvalue weighted by Crippen LogP contribution is 2.45. The van der Waals surface area contributed by atoms with Gasteiger partial charge in [-0.3, -0.25) is 0 Å². The van der Waals surface area contributed by atoms with Gasteiger partial charge < -0.3 is 23.5 Å². The van der Waals surface area contributed by atoms with Gasteiger partial charge in [-0.05, 0) is 155 Å². The Morgan fingerprint density at radius 2 is 0.685 bits per heavy atom. The molecule has 0 aliphatic carbocycles. The molecule has 2 heterocycles. The summed E-state index contributed by atoms with van der Waals surface area (Å²) in [6.07, 6.45) is 4.60. The zero-order chi connectivity index (χ0) is 49.8. The van der Waals surface area contributed by atoms with Crippen LogP contribution in [0.2, 0.25) is 0 Å². The zero-order valence-electron chi connectivity index (χ0n) is 40.2. The molecule has 0 saturated carbocycles. The molecule has 0 atom stereocenters. The van der Waals surface area contributed by atoms with Crippen molar-refractivity contribution >= 4 is 105 Å². The standard InChI is InChI=1S/C32H23BrN2O.C27H21NO.C7H7Br/c33-29-19-8-9-20-30(29)34(24-12-3-1-4-13-24)26-16-11-17-27(22-26)35(25-14-5-2-6-15-25)31-23-36-32-21-10-7-18-28(31)32;1-3-10-21(11-4-1)18-22-12-9-15-24(19-22)28(23-13-5-2-6-14-23)26-20-29-27-17-8-7-16-25(26)27;1-6-4-2-3-5-7(6)8/h1-23H;1-17,19-20H,18H2;2-5H,1H3. The molecular formula is C66H51Br2N3O2. The summed E-state index contributed by atoms with van der Waals surface area (Å²) >= 11 is 7.17. The van der Waals surface area contributed by atoms with Crippen LogP contribution in [-0.2, 0) is 6.42 Å². The predicted octanol–water partition coefficient (Wildman–Crippen LogP) is 20.4. The van der Waals surface area contributed by atoms with Gasteiger partial charge in [-0.1, -0.05) is 174 Å². The van der Waals surface area contributed by atoms with E-state index in [0.29, 0.717) is 0 Å². The lowest BCUT2D eigenvalue weighted by atomic mass is 10.0. The normalized spacial score (nSPS) is 10.7. The molecule has 10 aromatic carbocycles. The lowest BCUT2D eigenvalue weighted by Gasteiger charge is -2.29. The number of anilines is 9. The number of halogens is 2. The smallest absolute Gasteiger partial charge is 0.136 e. The van der Waals surface area contributed by atoms with E-state index in [2.05, 4.69) is 248 Å². The van der Waals surface area contributed by atoms with Crippen molar-refractivity contribution < 1.29 is 8.83 Å². The maximum absolute atomic E-state index is 5.95. The van der Waals surface area contributed by atoms with E-state index >= 15 is 0 Å². The van der Waals surface area contributed by atoms with E-state index in [0.717, 1.165) is 84.0 Å². The van der Waals surface area contributed by atoms with Crippen LogP contribution < -0.4 is 14.7 Å². The maximum atomic E-state index is 5.95. The minimum Gasteiger partial charge on any atom is -0.462 e. The molecule has 356 valence electrons. The fourth-order valence-electron chi connectivity index (χ4n) is 8.88. The first-order chi connectivity index (χ1) is 36.0. The lowest BCUT2D eigenvalue weighted by molar-refractivity contribution is 0.616. The summed E-state index contributed by atoms with van der Waals surface area (Å²) in [5.41, 5.74) is 15.2. The van der Waals surface area contributed by atoms with Gasteiger partial charge in [0.25, 0.3) is 0 Å². The Bertz CT molecular complexity index is 3650. The van der Waals surface area contributed by atoms with Crippen LogP contribution in [0.25, 0.3) is 21.9 Å². The van der Waals surface area contributed by atoms with Crippen molar-refractivity contribution in [2.75, 3.05) is 14.7 Å². The quantitative estimate of drug-likeness (QED) is 0.129. The molecule has 0 saturated heterocycles. The number of furan rings is 2. The number of para-hydroxylation sites is 6. The second-order valence-corrected chi connectivity index (χ2v) is 19.0. The maximum Gasteiger partial charge on any atom is 0.136 e. The number of hydrogen-bond donors (Lipinski definition) is 0. The Hall–Kier alpha value is -8.36. The van der Waals surface area contributed by atoms with Crippen LogP contribution in [0, 0.1) is 6.92 Å². The van der Waals surface area contributed by atoms with Gasteiger partial charge in [0, 0.05) is 53.8 Å². The van der Waals surface area contributed by atoms with E-state index in [1.165, 1.54) is 21.2 Å². The van der Waals surface area contributed by atoms with E-state index in [4.69, 9.17) is 8.83 Å². The Labute approximate surface area is 444 Å². The van der Waals surface area contributed by atoms with Gasteiger partial charge in [0.05, 0.1) is 17.1 Å². The van der Waals surface area contributed by atoms with Crippen LogP contribution in [0.5, 0.6) is 0 Å².